The molecule has 2 nitrogen and oxygen atoms in total. The number of nitrogens with one attached hydrogen (secondary N) is 1. The summed E-state index contributed by atoms with van der Waals surface area (Å²) < 4.78 is 5.33. The van der Waals surface area contributed by atoms with Crippen LogP contribution >= 0.6 is 12.4 Å². The highest BCUT2D eigenvalue weighted by Crippen LogP contribution is 2.09. The minimum Gasteiger partial charge on any atom is -0.378 e. The smallest absolute Gasteiger partial charge is 0.0643 e. The maximum atomic E-state index is 5.33. The van der Waals surface area contributed by atoms with Gasteiger partial charge in [0.1, 0.15) is 0 Å². The van der Waals surface area contributed by atoms with Gasteiger partial charge in [-0.3, -0.25) is 0 Å². The van der Waals surface area contributed by atoms with Crippen LogP contribution in [0.15, 0.2) is 0 Å². The van der Waals surface area contributed by atoms with Crippen molar-refractivity contribution in [3.05, 3.63) is 0 Å². The number of halogens is 1. The van der Waals surface area contributed by atoms with E-state index in [9.17, 15) is 0 Å². The molecule has 1 heterocycles. The summed E-state index contributed by atoms with van der Waals surface area (Å²) in [5.74, 6) is 0. The van der Waals surface area contributed by atoms with Crippen molar-refractivity contribution in [2.75, 3.05) is 13.2 Å². The zero-order valence-electron chi connectivity index (χ0n) is 6.81. The Labute approximate surface area is 68.7 Å². The molecule has 62 valence electrons. The van der Waals surface area contributed by atoms with E-state index in [1.165, 1.54) is 0 Å². The molecular formula is C7H16ClNO. The van der Waals surface area contributed by atoms with Gasteiger partial charge in [-0.15, -0.1) is 12.4 Å². The predicted molar refractivity (Wildman–Crippen MR) is 44.7 cm³/mol. The van der Waals surface area contributed by atoms with Gasteiger partial charge in [0, 0.05) is 11.6 Å². The highest BCUT2D eigenvalue weighted by molar-refractivity contribution is 5.85. The van der Waals surface area contributed by atoms with Crippen LogP contribution in [0.4, 0.5) is 0 Å². The van der Waals surface area contributed by atoms with Crippen molar-refractivity contribution < 1.29 is 4.74 Å². The number of ether oxygens (including phenoxy) is 1. The molecule has 1 atom stereocenters. The van der Waals surface area contributed by atoms with Crippen LogP contribution in [-0.2, 0) is 4.74 Å². The van der Waals surface area contributed by atoms with Crippen molar-refractivity contribution in [2.24, 2.45) is 0 Å². The highest BCUT2D eigenvalue weighted by atomic mass is 35.5. The van der Waals surface area contributed by atoms with Gasteiger partial charge in [0.05, 0.1) is 13.2 Å². The second-order valence-corrected chi connectivity index (χ2v) is 3.44. The molecule has 0 bridgehead atoms. The van der Waals surface area contributed by atoms with Crippen LogP contribution in [0.1, 0.15) is 20.8 Å². The number of hydrogen-bond acceptors (Lipinski definition) is 2. The van der Waals surface area contributed by atoms with Crippen molar-refractivity contribution in [1.82, 2.24) is 5.32 Å². The van der Waals surface area contributed by atoms with Gasteiger partial charge in [0.15, 0.2) is 0 Å². The monoisotopic (exact) mass is 165 g/mol. The van der Waals surface area contributed by atoms with Gasteiger partial charge in [-0.1, -0.05) is 0 Å². The van der Waals surface area contributed by atoms with Gasteiger partial charge in [0.25, 0.3) is 0 Å². The molecule has 0 radical (unpaired) electrons. The van der Waals surface area contributed by atoms with Gasteiger partial charge in [-0.2, -0.15) is 0 Å². The lowest BCUT2D eigenvalue weighted by Crippen LogP contribution is -2.54. The first kappa shape index (κ1) is 10.2. The minimum absolute atomic E-state index is 0. The van der Waals surface area contributed by atoms with E-state index < -0.39 is 0 Å². The third-order valence-electron chi connectivity index (χ3n) is 1.47. The summed E-state index contributed by atoms with van der Waals surface area (Å²) in [5, 5.41) is 3.43. The lowest BCUT2D eigenvalue weighted by Gasteiger charge is -2.35. The Bertz CT molecular complexity index is 106. The number of hydrogen-bond donors (Lipinski definition) is 1. The predicted octanol–water partition coefficient (Wildman–Crippen LogP) is 1.20. The first-order chi connectivity index (χ1) is 4.10. The van der Waals surface area contributed by atoms with Crippen molar-refractivity contribution in [2.45, 2.75) is 32.4 Å². The van der Waals surface area contributed by atoms with Crippen molar-refractivity contribution >= 4 is 12.4 Å². The van der Waals surface area contributed by atoms with E-state index >= 15 is 0 Å². The van der Waals surface area contributed by atoms with E-state index in [0.29, 0.717) is 6.04 Å². The average molecular weight is 166 g/mol. The summed E-state index contributed by atoms with van der Waals surface area (Å²) in [7, 11) is 0. The molecule has 10 heavy (non-hydrogen) atoms. The van der Waals surface area contributed by atoms with E-state index in [-0.39, 0.29) is 17.9 Å². The van der Waals surface area contributed by atoms with Gasteiger partial charge >= 0.3 is 0 Å². The molecule has 3 heteroatoms. The Balaban J connectivity index is 0.000000810. The zero-order valence-corrected chi connectivity index (χ0v) is 7.62. The summed E-state index contributed by atoms with van der Waals surface area (Å²) in [4.78, 5) is 0. The van der Waals surface area contributed by atoms with Crippen LogP contribution in [-0.4, -0.2) is 24.8 Å². The molecule has 1 aliphatic rings. The van der Waals surface area contributed by atoms with Gasteiger partial charge in [0.2, 0.25) is 0 Å². The van der Waals surface area contributed by atoms with Crippen LogP contribution in [0.25, 0.3) is 0 Å². The fraction of sp³-hybridized carbons (Fsp3) is 1.00. The van der Waals surface area contributed by atoms with Crippen LogP contribution in [0.3, 0.4) is 0 Å². The average Bonchev–Trinajstić information content (AvgIpc) is 1.60. The van der Waals surface area contributed by atoms with Crippen LogP contribution in [0.5, 0.6) is 0 Å². The number of morpholine rings is 1. The van der Waals surface area contributed by atoms with Crippen LogP contribution < -0.4 is 5.32 Å². The molecule has 1 fully saturated rings. The molecule has 1 saturated heterocycles. The molecular weight excluding hydrogens is 150 g/mol. The van der Waals surface area contributed by atoms with Gasteiger partial charge < -0.3 is 10.1 Å². The first-order valence-corrected chi connectivity index (χ1v) is 3.46. The molecule has 0 aromatic rings. The maximum Gasteiger partial charge on any atom is 0.0643 e. The second-order valence-electron chi connectivity index (χ2n) is 3.44. The highest BCUT2D eigenvalue weighted by Gasteiger charge is 2.24. The zero-order chi connectivity index (χ0) is 6.91. The normalized spacial score (nSPS) is 30.9. The SMILES string of the molecule is CC1COCC(C)(C)N1.Cl. The molecule has 1 unspecified atom stereocenters. The Morgan fingerprint density at radius 2 is 2.10 bits per heavy atom. The van der Waals surface area contributed by atoms with Crippen molar-refractivity contribution in [1.29, 1.82) is 0 Å². The summed E-state index contributed by atoms with van der Waals surface area (Å²) in [5.41, 5.74) is 0.178. The van der Waals surface area contributed by atoms with Crippen LogP contribution in [0, 0.1) is 0 Å². The molecule has 0 spiro atoms. The molecule has 0 saturated carbocycles. The second kappa shape index (κ2) is 3.56. The van der Waals surface area contributed by atoms with E-state index in [2.05, 4.69) is 26.1 Å². The molecule has 0 aliphatic carbocycles. The quantitative estimate of drug-likeness (QED) is 0.583. The lowest BCUT2D eigenvalue weighted by molar-refractivity contribution is 0.0182. The molecule has 1 rings (SSSR count). The fourth-order valence-electron chi connectivity index (χ4n) is 1.24. The Kier molecular flexibility index (Phi) is 3.63. The van der Waals surface area contributed by atoms with E-state index in [1.54, 1.807) is 0 Å². The standard InChI is InChI=1S/C7H15NO.ClH/c1-6-4-9-5-7(2,3)8-6;/h6,8H,4-5H2,1-3H3;1H. The molecule has 1 N–H and O–H groups in total. The summed E-state index contributed by atoms with van der Waals surface area (Å²) in [6.45, 7) is 8.13. The third-order valence-corrected chi connectivity index (χ3v) is 1.47. The molecule has 0 amide bonds. The Hall–Kier alpha value is 0.210. The van der Waals surface area contributed by atoms with Crippen molar-refractivity contribution in [3.63, 3.8) is 0 Å². The summed E-state index contributed by atoms with van der Waals surface area (Å²) in [6, 6.07) is 0.508. The number of rotatable bonds is 0. The van der Waals surface area contributed by atoms with Gasteiger partial charge in [-0.25, -0.2) is 0 Å². The fourth-order valence-corrected chi connectivity index (χ4v) is 1.24. The molecule has 1 aliphatic heterocycles. The van der Waals surface area contributed by atoms with Crippen molar-refractivity contribution in [3.8, 4) is 0 Å². The summed E-state index contributed by atoms with van der Waals surface area (Å²) >= 11 is 0. The Morgan fingerprint density at radius 1 is 1.50 bits per heavy atom. The Morgan fingerprint density at radius 3 is 2.40 bits per heavy atom. The molecule has 0 aromatic heterocycles. The topological polar surface area (TPSA) is 21.3 Å². The minimum atomic E-state index is 0. The van der Waals surface area contributed by atoms with Gasteiger partial charge in [-0.05, 0) is 20.8 Å². The largest absolute Gasteiger partial charge is 0.378 e. The third kappa shape index (κ3) is 2.86. The van der Waals surface area contributed by atoms with Crippen LogP contribution in [0.2, 0.25) is 0 Å². The summed E-state index contributed by atoms with van der Waals surface area (Å²) in [6.07, 6.45) is 0. The molecule has 0 aromatic carbocycles. The maximum absolute atomic E-state index is 5.33. The van der Waals surface area contributed by atoms with E-state index in [0.717, 1.165) is 13.2 Å². The first-order valence-electron chi connectivity index (χ1n) is 3.46. The van der Waals surface area contributed by atoms with E-state index in [4.69, 9.17) is 4.74 Å². The van der Waals surface area contributed by atoms with E-state index in [1.807, 2.05) is 0 Å². The lowest BCUT2D eigenvalue weighted by atomic mass is 10.0.